The Kier molecular flexibility index (Phi) is 6.02. The van der Waals surface area contributed by atoms with Crippen molar-refractivity contribution in [3.63, 3.8) is 0 Å². The quantitative estimate of drug-likeness (QED) is 0.535. The highest BCUT2D eigenvalue weighted by atomic mass is 19.1. The second-order valence-electron chi connectivity index (χ2n) is 4.70. The number of imide groups is 1. The van der Waals surface area contributed by atoms with Gasteiger partial charge in [0.1, 0.15) is 6.17 Å². The summed E-state index contributed by atoms with van der Waals surface area (Å²) in [5, 5.41) is 2.17. The third-order valence-electron chi connectivity index (χ3n) is 3.30. The monoisotopic (exact) mass is 255 g/mol. The van der Waals surface area contributed by atoms with Gasteiger partial charge in [-0.2, -0.15) is 0 Å². The molecule has 0 saturated heterocycles. The van der Waals surface area contributed by atoms with Crippen molar-refractivity contribution < 1.29 is 14.0 Å². The molecular formula is C14H22FNO2. The highest BCUT2D eigenvalue weighted by Gasteiger charge is 2.33. The van der Waals surface area contributed by atoms with Gasteiger partial charge in [0.15, 0.2) is 0 Å². The minimum absolute atomic E-state index is 0.0676. The smallest absolute Gasteiger partial charge is 0.257 e. The number of rotatable bonds is 8. The van der Waals surface area contributed by atoms with Crippen LogP contribution in [0.15, 0.2) is 11.1 Å². The first kappa shape index (κ1) is 14.9. The summed E-state index contributed by atoms with van der Waals surface area (Å²) < 4.78 is 14.0. The Labute approximate surface area is 108 Å². The normalized spacial score (nSPS) is 17.3. The van der Waals surface area contributed by atoms with E-state index in [2.05, 4.69) is 12.2 Å². The predicted octanol–water partition coefficient (Wildman–Crippen LogP) is 3.05. The van der Waals surface area contributed by atoms with Crippen LogP contribution in [0.1, 0.15) is 58.8 Å². The highest BCUT2D eigenvalue weighted by molar-refractivity contribution is 6.19. The molecule has 4 heteroatoms. The van der Waals surface area contributed by atoms with Gasteiger partial charge >= 0.3 is 0 Å². The van der Waals surface area contributed by atoms with Gasteiger partial charge in [-0.3, -0.25) is 14.9 Å². The first-order valence-corrected chi connectivity index (χ1v) is 6.84. The van der Waals surface area contributed by atoms with Crippen molar-refractivity contribution in [3.8, 4) is 0 Å². The lowest BCUT2D eigenvalue weighted by atomic mass is 9.99. The van der Waals surface area contributed by atoms with Crippen molar-refractivity contribution in [3.05, 3.63) is 11.1 Å². The molecule has 1 N–H and O–H groups in total. The molecule has 102 valence electrons. The maximum Gasteiger partial charge on any atom is 0.257 e. The Balaban J connectivity index is 2.49. The fourth-order valence-electron chi connectivity index (χ4n) is 2.26. The van der Waals surface area contributed by atoms with Gasteiger partial charge < -0.3 is 0 Å². The highest BCUT2D eigenvalue weighted by Crippen LogP contribution is 2.24. The van der Waals surface area contributed by atoms with Gasteiger partial charge in [-0.1, -0.05) is 46.0 Å². The molecule has 0 fully saturated rings. The average molecular weight is 255 g/mol. The average Bonchev–Trinajstić information content (AvgIpc) is 2.63. The number of nitrogens with one attached hydrogen (secondary N) is 1. The number of amides is 2. The van der Waals surface area contributed by atoms with E-state index in [1.54, 1.807) is 6.92 Å². The molecule has 0 spiro atoms. The van der Waals surface area contributed by atoms with Crippen molar-refractivity contribution in [2.24, 2.45) is 0 Å². The van der Waals surface area contributed by atoms with Gasteiger partial charge in [-0.15, -0.1) is 0 Å². The topological polar surface area (TPSA) is 46.2 Å². The molecule has 1 aliphatic rings. The number of hydrogen-bond donors (Lipinski definition) is 1. The van der Waals surface area contributed by atoms with E-state index in [4.69, 9.17) is 0 Å². The Bertz CT molecular complexity index is 350. The third kappa shape index (κ3) is 3.65. The molecule has 1 atom stereocenters. The Morgan fingerprint density at radius 1 is 1.06 bits per heavy atom. The maximum absolute atomic E-state index is 14.0. The lowest BCUT2D eigenvalue weighted by Crippen LogP contribution is -2.25. The summed E-state index contributed by atoms with van der Waals surface area (Å²) >= 11 is 0. The lowest BCUT2D eigenvalue weighted by molar-refractivity contribution is -0.124. The van der Waals surface area contributed by atoms with Crippen molar-refractivity contribution in [2.45, 2.75) is 65.0 Å². The summed E-state index contributed by atoms with van der Waals surface area (Å²) in [5.41, 5.74) is 0.388. The zero-order valence-corrected chi connectivity index (χ0v) is 11.2. The molecule has 0 radical (unpaired) electrons. The van der Waals surface area contributed by atoms with E-state index < -0.39 is 18.0 Å². The summed E-state index contributed by atoms with van der Waals surface area (Å²) in [4.78, 5) is 22.9. The lowest BCUT2D eigenvalue weighted by Gasteiger charge is -2.09. The number of halogens is 1. The molecule has 1 aliphatic heterocycles. The van der Waals surface area contributed by atoms with Crippen molar-refractivity contribution in [2.75, 3.05) is 0 Å². The largest absolute Gasteiger partial charge is 0.289 e. The number of carbonyl (C=O) groups excluding carboxylic acids is 2. The van der Waals surface area contributed by atoms with Crippen LogP contribution in [0.2, 0.25) is 0 Å². The maximum atomic E-state index is 14.0. The summed E-state index contributed by atoms with van der Waals surface area (Å²) in [5.74, 6) is -0.968. The molecule has 0 aliphatic carbocycles. The molecule has 1 rings (SSSR count). The van der Waals surface area contributed by atoms with Gasteiger partial charge in [-0.05, 0) is 12.8 Å². The van der Waals surface area contributed by atoms with Crippen LogP contribution >= 0.6 is 0 Å². The van der Waals surface area contributed by atoms with Gasteiger partial charge in [0.25, 0.3) is 11.8 Å². The van der Waals surface area contributed by atoms with Crippen LogP contribution in [0.5, 0.6) is 0 Å². The summed E-state index contributed by atoms with van der Waals surface area (Å²) in [7, 11) is 0. The predicted molar refractivity (Wildman–Crippen MR) is 68.7 cm³/mol. The molecular weight excluding hydrogens is 233 g/mol. The Morgan fingerprint density at radius 2 is 1.72 bits per heavy atom. The minimum atomic E-state index is -1.30. The Morgan fingerprint density at radius 3 is 2.33 bits per heavy atom. The van der Waals surface area contributed by atoms with Gasteiger partial charge in [-0.25, -0.2) is 4.39 Å². The second-order valence-corrected chi connectivity index (χ2v) is 4.70. The van der Waals surface area contributed by atoms with Crippen molar-refractivity contribution in [1.29, 1.82) is 0 Å². The number of alkyl halides is 1. The van der Waals surface area contributed by atoms with Gasteiger partial charge in [0, 0.05) is 5.57 Å². The van der Waals surface area contributed by atoms with E-state index in [-0.39, 0.29) is 5.57 Å². The minimum Gasteiger partial charge on any atom is -0.289 e. The molecule has 2 amide bonds. The molecule has 0 saturated carbocycles. The van der Waals surface area contributed by atoms with Crippen molar-refractivity contribution in [1.82, 2.24) is 5.32 Å². The summed E-state index contributed by atoms with van der Waals surface area (Å²) in [6.07, 6.45) is 4.62. The molecule has 0 aromatic heterocycles. The first-order chi connectivity index (χ1) is 8.61. The number of unbranched alkanes of at least 4 members (excludes halogenated alkanes) is 4. The van der Waals surface area contributed by atoms with E-state index >= 15 is 0 Å². The zero-order valence-electron chi connectivity index (χ0n) is 11.2. The van der Waals surface area contributed by atoms with Crippen LogP contribution in [-0.4, -0.2) is 18.0 Å². The molecule has 0 bridgehead atoms. The van der Waals surface area contributed by atoms with E-state index in [0.29, 0.717) is 18.4 Å². The first-order valence-electron chi connectivity index (χ1n) is 6.84. The fourth-order valence-corrected chi connectivity index (χ4v) is 2.26. The molecule has 0 aromatic carbocycles. The van der Waals surface area contributed by atoms with Crippen LogP contribution in [0.25, 0.3) is 0 Å². The van der Waals surface area contributed by atoms with Crippen LogP contribution < -0.4 is 5.32 Å². The summed E-state index contributed by atoms with van der Waals surface area (Å²) in [6, 6.07) is 0. The fraction of sp³-hybridized carbons (Fsp3) is 0.714. The molecule has 0 aromatic rings. The van der Waals surface area contributed by atoms with E-state index in [1.165, 1.54) is 6.42 Å². The molecule has 18 heavy (non-hydrogen) atoms. The van der Waals surface area contributed by atoms with Crippen LogP contribution in [-0.2, 0) is 9.59 Å². The standard InChI is InChI=1S/C14H22FNO2/c1-3-5-6-7-8-9-11(15)12-10(4-2)13(17)16-14(12)18/h11H,3-9H2,1-2H3,(H,16,17,18). The number of hydrogen-bond acceptors (Lipinski definition) is 2. The number of carbonyl (C=O) groups is 2. The van der Waals surface area contributed by atoms with E-state index in [0.717, 1.165) is 25.7 Å². The van der Waals surface area contributed by atoms with Gasteiger partial charge in [0.2, 0.25) is 0 Å². The SMILES string of the molecule is CCCCCCCC(F)C1=C(CC)C(=O)NC1=O. The van der Waals surface area contributed by atoms with Crippen LogP contribution in [0, 0.1) is 0 Å². The molecule has 3 nitrogen and oxygen atoms in total. The Hall–Kier alpha value is -1.19. The van der Waals surface area contributed by atoms with Crippen LogP contribution in [0.3, 0.4) is 0 Å². The zero-order chi connectivity index (χ0) is 13.5. The van der Waals surface area contributed by atoms with E-state index in [9.17, 15) is 14.0 Å². The summed E-state index contributed by atoms with van der Waals surface area (Å²) in [6.45, 7) is 3.90. The van der Waals surface area contributed by atoms with Crippen LogP contribution in [0.4, 0.5) is 4.39 Å². The third-order valence-corrected chi connectivity index (χ3v) is 3.30. The second kappa shape index (κ2) is 7.29. The molecule has 1 unspecified atom stereocenters. The van der Waals surface area contributed by atoms with Crippen molar-refractivity contribution >= 4 is 11.8 Å². The van der Waals surface area contributed by atoms with Gasteiger partial charge in [0.05, 0.1) is 5.57 Å². The van der Waals surface area contributed by atoms with E-state index in [1.807, 2.05) is 0 Å². The molecule has 1 heterocycles.